The number of sulfone groups is 1. The molecule has 3 heterocycles. The van der Waals surface area contributed by atoms with Crippen molar-refractivity contribution in [3.8, 4) is 0 Å². The van der Waals surface area contributed by atoms with E-state index in [0.717, 1.165) is 40.3 Å². The molecule has 0 fully saturated rings. The molecule has 0 spiro atoms. The summed E-state index contributed by atoms with van der Waals surface area (Å²) in [6, 6.07) is 9.17. The van der Waals surface area contributed by atoms with Gasteiger partial charge < -0.3 is 9.67 Å². The van der Waals surface area contributed by atoms with Crippen molar-refractivity contribution in [3.63, 3.8) is 0 Å². The van der Waals surface area contributed by atoms with Gasteiger partial charge in [0.25, 0.3) is 0 Å². The van der Waals surface area contributed by atoms with Gasteiger partial charge in [-0.15, -0.1) is 12.6 Å². The monoisotopic (exact) mass is 466 g/mol. The Labute approximate surface area is 185 Å². The van der Waals surface area contributed by atoms with Crippen molar-refractivity contribution in [1.82, 2.24) is 4.57 Å². The fourth-order valence-electron chi connectivity index (χ4n) is 3.76. The van der Waals surface area contributed by atoms with Crippen molar-refractivity contribution >= 4 is 57.4 Å². The SMILES string of the molecule is CS(=O)(=O)C1=c2cc3n(c2=CN=CC1)CCCC3CC(=O)O.Sc1ccc(Cl)cc1. The number of aliphatic carboxylic acids is 1. The van der Waals surface area contributed by atoms with Crippen LogP contribution >= 0.6 is 24.2 Å². The molecule has 1 aromatic carbocycles. The largest absolute Gasteiger partial charge is 0.481 e. The lowest BCUT2D eigenvalue weighted by atomic mass is 9.93. The molecule has 0 saturated carbocycles. The molecule has 1 unspecified atom stereocenters. The summed E-state index contributed by atoms with van der Waals surface area (Å²) in [5.74, 6) is -0.902. The van der Waals surface area contributed by atoms with Crippen LogP contribution in [0.2, 0.25) is 5.02 Å². The Balaban J connectivity index is 0.000000269. The van der Waals surface area contributed by atoms with Crippen molar-refractivity contribution < 1.29 is 18.3 Å². The Kier molecular flexibility index (Phi) is 7.10. The Hall–Kier alpha value is -2.03. The van der Waals surface area contributed by atoms with Gasteiger partial charge in [0, 0.05) is 52.2 Å². The van der Waals surface area contributed by atoms with Crippen LogP contribution in [0.3, 0.4) is 0 Å². The van der Waals surface area contributed by atoms with Gasteiger partial charge in [-0.25, -0.2) is 8.42 Å². The van der Waals surface area contributed by atoms with Gasteiger partial charge in [-0.05, 0) is 43.2 Å². The fourth-order valence-corrected chi connectivity index (χ4v) is 4.97. The number of carboxylic acids is 1. The first kappa shape index (κ1) is 22.7. The van der Waals surface area contributed by atoms with Gasteiger partial charge >= 0.3 is 5.97 Å². The highest BCUT2D eigenvalue weighted by Gasteiger charge is 2.26. The minimum atomic E-state index is -3.33. The molecule has 160 valence electrons. The number of carbonyl (C=O) groups is 1. The van der Waals surface area contributed by atoms with Crippen molar-refractivity contribution in [1.29, 1.82) is 0 Å². The van der Waals surface area contributed by atoms with Crippen LogP contribution in [0, 0.1) is 0 Å². The zero-order chi connectivity index (χ0) is 21.9. The average Bonchev–Trinajstić information content (AvgIpc) is 2.88. The van der Waals surface area contributed by atoms with E-state index >= 15 is 0 Å². The molecule has 0 amide bonds. The number of halogens is 1. The highest BCUT2D eigenvalue weighted by Crippen LogP contribution is 2.28. The highest BCUT2D eigenvalue weighted by molar-refractivity contribution is 7.99. The number of hydrogen-bond acceptors (Lipinski definition) is 5. The van der Waals surface area contributed by atoms with Gasteiger partial charge in [0.2, 0.25) is 0 Å². The summed E-state index contributed by atoms with van der Waals surface area (Å²) in [6.07, 6.45) is 6.53. The molecule has 1 atom stereocenters. The Morgan fingerprint density at radius 2 is 2.03 bits per heavy atom. The quantitative estimate of drug-likeness (QED) is 0.681. The van der Waals surface area contributed by atoms with E-state index in [4.69, 9.17) is 16.7 Å². The second-order valence-electron chi connectivity index (χ2n) is 7.29. The van der Waals surface area contributed by atoms with E-state index in [1.165, 1.54) is 6.26 Å². The second-order valence-corrected chi connectivity index (χ2v) is 10.3. The molecule has 30 heavy (non-hydrogen) atoms. The third-order valence-electron chi connectivity index (χ3n) is 5.10. The lowest BCUT2D eigenvalue weighted by Gasteiger charge is -2.23. The molecule has 0 radical (unpaired) electrons. The maximum absolute atomic E-state index is 12.1. The number of aromatic nitrogens is 1. The highest BCUT2D eigenvalue weighted by atomic mass is 35.5. The minimum absolute atomic E-state index is 0.0698. The van der Waals surface area contributed by atoms with Crippen LogP contribution in [0.1, 0.15) is 37.3 Å². The van der Waals surface area contributed by atoms with Gasteiger partial charge in [-0.2, -0.15) is 0 Å². The van der Waals surface area contributed by atoms with Crippen LogP contribution in [-0.4, -0.2) is 36.5 Å². The van der Waals surface area contributed by atoms with Crippen molar-refractivity contribution in [2.45, 2.75) is 43.0 Å². The smallest absolute Gasteiger partial charge is 0.304 e. The molecule has 4 rings (SSSR count). The number of carboxylic acid groups (broad SMARTS) is 1. The maximum atomic E-state index is 12.1. The lowest BCUT2D eigenvalue weighted by Crippen LogP contribution is -2.33. The Morgan fingerprint density at radius 3 is 2.63 bits per heavy atom. The van der Waals surface area contributed by atoms with E-state index in [1.54, 1.807) is 12.4 Å². The first-order valence-corrected chi connectivity index (χ1v) is 12.2. The van der Waals surface area contributed by atoms with Crippen molar-refractivity contribution in [2.24, 2.45) is 4.99 Å². The zero-order valence-corrected chi connectivity index (χ0v) is 18.9. The number of aliphatic imine (C=N–C) groups is 1. The predicted octanol–water partition coefficient (Wildman–Crippen LogP) is 2.83. The first-order valence-electron chi connectivity index (χ1n) is 9.47. The summed E-state index contributed by atoms with van der Waals surface area (Å²) in [4.78, 5) is 16.5. The first-order chi connectivity index (χ1) is 14.2. The van der Waals surface area contributed by atoms with Gasteiger partial charge in [0.05, 0.1) is 22.9 Å². The predicted molar refractivity (Wildman–Crippen MR) is 122 cm³/mol. The van der Waals surface area contributed by atoms with Crippen LogP contribution in [0.4, 0.5) is 0 Å². The third kappa shape index (κ3) is 5.36. The Morgan fingerprint density at radius 1 is 1.33 bits per heavy atom. The molecule has 9 heteroatoms. The molecule has 1 aromatic heterocycles. The molecule has 6 nitrogen and oxygen atoms in total. The summed E-state index contributed by atoms with van der Waals surface area (Å²) in [5, 5.41) is 11.3. The molecule has 2 aliphatic rings. The van der Waals surface area contributed by atoms with Gasteiger partial charge in [-0.3, -0.25) is 9.79 Å². The van der Waals surface area contributed by atoms with E-state index < -0.39 is 15.8 Å². The molecule has 1 N–H and O–H groups in total. The molecule has 2 aromatic rings. The number of nitrogens with zero attached hydrogens (tertiary/aromatic N) is 2. The van der Waals surface area contributed by atoms with Crippen molar-refractivity contribution in [2.75, 3.05) is 6.26 Å². The summed E-state index contributed by atoms with van der Waals surface area (Å²) in [6.45, 7) is 0.768. The van der Waals surface area contributed by atoms with Crippen LogP contribution in [0.15, 0.2) is 40.2 Å². The maximum Gasteiger partial charge on any atom is 0.304 e. The normalized spacial score (nSPS) is 17.7. The molecule has 0 saturated heterocycles. The summed E-state index contributed by atoms with van der Waals surface area (Å²) in [5.41, 5.74) is 0.910. The van der Waals surface area contributed by atoms with E-state index in [1.807, 2.05) is 34.9 Å². The van der Waals surface area contributed by atoms with E-state index in [-0.39, 0.29) is 18.8 Å². The molecule has 2 aliphatic heterocycles. The van der Waals surface area contributed by atoms with Crippen molar-refractivity contribution in [3.05, 3.63) is 51.6 Å². The number of benzene rings is 1. The Bertz CT molecular complexity index is 1180. The van der Waals surface area contributed by atoms with Gasteiger partial charge in [-0.1, -0.05) is 11.6 Å². The second kappa shape index (κ2) is 9.41. The zero-order valence-electron chi connectivity index (χ0n) is 16.5. The molecule has 0 aliphatic carbocycles. The minimum Gasteiger partial charge on any atom is -0.481 e. The van der Waals surface area contributed by atoms with Crippen LogP contribution in [-0.2, 0) is 21.2 Å². The van der Waals surface area contributed by atoms with E-state index in [0.29, 0.717) is 10.1 Å². The lowest BCUT2D eigenvalue weighted by molar-refractivity contribution is -0.137. The summed E-state index contributed by atoms with van der Waals surface area (Å²) in [7, 11) is -3.33. The van der Waals surface area contributed by atoms with E-state index in [2.05, 4.69) is 17.6 Å². The molecule has 0 bridgehead atoms. The van der Waals surface area contributed by atoms with Crippen LogP contribution < -0.4 is 10.6 Å². The summed E-state index contributed by atoms with van der Waals surface area (Å²) < 4.78 is 26.1. The number of hydrogen-bond donors (Lipinski definition) is 2. The third-order valence-corrected chi connectivity index (χ3v) is 6.93. The molecular weight excluding hydrogens is 444 g/mol. The topological polar surface area (TPSA) is 88.7 Å². The summed E-state index contributed by atoms with van der Waals surface area (Å²) >= 11 is 9.65. The number of rotatable bonds is 3. The molecular formula is C21H23ClN2O4S2. The van der Waals surface area contributed by atoms with Crippen LogP contribution in [0.25, 0.3) is 11.1 Å². The van der Waals surface area contributed by atoms with Gasteiger partial charge in [0.1, 0.15) is 0 Å². The standard InChI is InChI=1S/C15H18N2O4S.C6H5ClS/c1-22(20,21)14-4-5-16-9-13-11(14)8-12-10(7-15(18)19)3-2-6-17(12)13;7-5-1-3-6(8)4-2-5/h5,8-10H,2-4,6-7H2,1H3,(H,18,19);1-4,8H. The van der Waals surface area contributed by atoms with Crippen LogP contribution in [0.5, 0.6) is 0 Å². The van der Waals surface area contributed by atoms with E-state index in [9.17, 15) is 13.2 Å². The average molecular weight is 467 g/mol. The fraction of sp³-hybridized carbons (Fsp3) is 0.333. The number of fused-ring (bicyclic) bond motifs is 3. The van der Waals surface area contributed by atoms with Gasteiger partial charge in [0.15, 0.2) is 9.84 Å². The number of thiol groups is 1.